The third-order valence-electron chi connectivity index (χ3n) is 5.44. The zero-order chi connectivity index (χ0) is 23.4. The van der Waals surface area contributed by atoms with Gasteiger partial charge in [0.1, 0.15) is 5.69 Å². The highest BCUT2D eigenvalue weighted by molar-refractivity contribution is 6.30. The molecule has 1 aliphatic rings. The molecular weight excluding hydrogens is 434 g/mol. The summed E-state index contributed by atoms with van der Waals surface area (Å²) in [5.41, 5.74) is 6.16. The van der Waals surface area contributed by atoms with Crippen LogP contribution in [0.4, 0.5) is 5.95 Å². The normalized spacial score (nSPS) is 13.2. The van der Waals surface area contributed by atoms with Gasteiger partial charge in [0.2, 0.25) is 5.95 Å². The number of aromatic nitrogens is 3. The Morgan fingerprint density at radius 1 is 1.15 bits per heavy atom. The molecule has 0 spiro atoms. The quantitative estimate of drug-likeness (QED) is 0.483. The molecule has 1 aromatic carbocycles. The molecule has 0 bridgehead atoms. The fourth-order valence-corrected chi connectivity index (χ4v) is 3.85. The first kappa shape index (κ1) is 22.4. The predicted octanol–water partition coefficient (Wildman–Crippen LogP) is 4.96. The van der Waals surface area contributed by atoms with Gasteiger partial charge in [0.15, 0.2) is 0 Å². The maximum atomic E-state index is 12.7. The van der Waals surface area contributed by atoms with E-state index in [0.29, 0.717) is 34.2 Å². The molecule has 33 heavy (non-hydrogen) atoms. The van der Waals surface area contributed by atoms with Gasteiger partial charge in [-0.3, -0.25) is 4.79 Å². The fourth-order valence-electron chi connectivity index (χ4n) is 3.65. The molecule has 0 unspecified atom stereocenters. The topological polar surface area (TPSA) is 82.7 Å². The van der Waals surface area contributed by atoms with E-state index in [1.54, 1.807) is 26.4 Å². The van der Waals surface area contributed by atoms with E-state index in [1.165, 1.54) is 5.57 Å². The van der Waals surface area contributed by atoms with Gasteiger partial charge in [-0.2, -0.15) is 0 Å². The van der Waals surface area contributed by atoms with Crippen molar-refractivity contribution >= 4 is 29.0 Å². The van der Waals surface area contributed by atoms with Gasteiger partial charge in [-0.15, -0.1) is 0 Å². The van der Waals surface area contributed by atoms with E-state index in [-0.39, 0.29) is 5.91 Å². The van der Waals surface area contributed by atoms with Crippen LogP contribution in [0.25, 0.3) is 17.0 Å². The number of anilines is 1. The minimum absolute atomic E-state index is 0.192. The van der Waals surface area contributed by atoms with Gasteiger partial charge in [0.25, 0.3) is 5.91 Å². The van der Waals surface area contributed by atoms with Crippen molar-refractivity contribution < 1.29 is 4.79 Å². The lowest BCUT2D eigenvalue weighted by molar-refractivity contribution is 0.0963. The summed E-state index contributed by atoms with van der Waals surface area (Å²) in [5.74, 6) is 6.61. The minimum atomic E-state index is -0.192. The van der Waals surface area contributed by atoms with Crippen LogP contribution < -0.4 is 10.6 Å². The summed E-state index contributed by atoms with van der Waals surface area (Å²) in [5, 5.41) is 6.46. The monoisotopic (exact) mass is 457 g/mol. The van der Waals surface area contributed by atoms with E-state index in [9.17, 15) is 4.79 Å². The van der Waals surface area contributed by atoms with Crippen molar-refractivity contribution in [2.45, 2.75) is 19.8 Å². The molecule has 0 saturated carbocycles. The van der Waals surface area contributed by atoms with Crippen molar-refractivity contribution in [2.24, 2.45) is 0 Å². The Balaban J connectivity index is 1.88. The number of rotatable bonds is 4. The molecule has 2 heterocycles. The lowest BCUT2D eigenvalue weighted by atomic mass is 9.94. The van der Waals surface area contributed by atoms with Crippen molar-refractivity contribution in [3.8, 4) is 23.2 Å². The second kappa shape index (κ2) is 9.76. The van der Waals surface area contributed by atoms with Crippen LogP contribution >= 0.6 is 11.6 Å². The number of carbonyl (C=O) groups excluding carboxylic acids is 1. The first-order chi connectivity index (χ1) is 16.0. The first-order valence-corrected chi connectivity index (χ1v) is 11.0. The number of aromatic amines is 1. The van der Waals surface area contributed by atoms with Gasteiger partial charge >= 0.3 is 0 Å². The number of H-pyrrole nitrogens is 1. The zero-order valence-electron chi connectivity index (χ0n) is 18.7. The van der Waals surface area contributed by atoms with E-state index in [0.717, 1.165) is 29.0 Å². The smallest absolute Gasteiger partial charge is 0.253 e. The summed E-state index contributed by atoms with van der Waals surface area (Å²) in [6, 6.07) is 11.5. The molecular formula is C26H24ClN5O. The lowest BCUT2D eigenvalue weighted by Crippen LogP contribution is -2.18. The molecule has 0 fully saturated rings. The fraction of sp³-hybridized carbons (Fsp3) is 0.192. The number of halogens is 1. The molecule has 3 aromatic rings. The Morgan fingerprint density at radius 2 is 1.94 bits per heavy atom. The molecule has 7 heteroatoms. The molecule has 0 aliphatic heterocycles. The first-order valence-electron chi connectivity index (χ1n) is 10.6. The molecule has 0 saturated heterocycles. The summed E-state index contributed by atoms with van der Waals surface area (Å²) >= 11 is 6.35. The van der Waals surface area contributed by atoms with Crippen LogP contribution in [0.1, 0.15) is 46.9 Å². The highest BCUT2D eigenvalue weighted by Gasteiger charge is 2.22. The predicted molar refractivity (Wildman–Crippen MR) is 133 cm³/mol. The number of benzene rings is 1. The van der Waals surface area contributed by atoms with Crippen molar-refractivity contribution in [1.82, 2.24) is 20.3 Å². The Labute approximate surface area is 198 Å². The van der Waals surface area contributed by atoms with Crippen molar-refractivity contribution in [3.63, 3.8) is 0 Å². The number of hydrogen-bond donors (Lipinski definition) is 3. The largest absolute Gasteiger partial charge is 0.357 e. The van der Waals surface area contributed by atoms with Crippen LogP contribution in [0.15, 0.2) is 59.3 Å². The van der Waals surface area contributed by atoms with Gasteiger partial charge in [0, 0.05) is 30.9 Å². The summed E-state index contributed by atoms with van der Waals surface area (Å²) in [7, 11) is 3.37. The van der Waals surface area contributed by atoms with E-state index >= 15 is 0 Å². The third-order valence-corrected chi connectivity index (χ3v) is 5.74. The van der Waals surface area contributed by atoms with Crippen LogP contribution in [0.3, 0.4) is 0 Å². The molecule has 166 valence electrons. The molecule has 1 amide bonds. The summed E-state index contributed by atoms with van der Waals surface area (Å²) in [6.07, 6.45) is 5.26. The summed E-state index contributed by atoms with van der Waals surface area (Å²) in [6.45, 7) is 2.06. The minimum Gasteiger partial charge on any atom is -0.357 e. The molecule has 0 radical (unpaired) electrons. The van der Waals surface area contributed by atoms with Crippen LogP contribution in [-0.4, -0.2) is 35.0 Å². The number of nitrogens with one attached hydrogen (secondary N) is 3. The maximum absolute atomic E-state index is 12.7. The van der Waals surface area contributed by atoms with Gasteiger partial charge in [0.05, 0.1) is 22.5 Å². The van der Waals surface area contributed by atoms with Crippen molar-refractivity contribution in [1.29, 1.82) is 0 Å². The second-order valence-corrected chi connectivity index (χ2v) is 8.14. The molecule has 6 nitrogen and oxygen atoms in total. The van der Waals surface area contributed by atoms with Gasteiger partial charge in [-0.25, -0.2) is 9.97 Å². The number of hydrogen-bond acceptors (Lipinski definition) is 4. The molecule has 4 rings (SSSR count). The van der Waals surface area contributed by atoms with Crippen LogP contribution in [0.5, 0.6) is 0 Å². The van der Waals surface area contributed by atoms with Crippen LogP contribution in [-0.2, 0) is 0 Å². The SMILES string of the molecule is CNC(=O)c1cc(-c2nc(NC)ncc2C#Cc2ccccc2)[nH]c1C1=C(C)CCC(Cl)=C1. The molecule has 2 aromatic heterocycles. The highest BCUT2D eigenvalue weighted by atomic mass is 35.5. The Bertz CT molecular complexity index is 1330. The van der Waals surface area contributed by atoms with Gasteiger partial charge in [-0.1, -0.05) is 47.2 Å². The zero-order valence-corrected chi connectivity index (χ0v) is 19.5. The maximum Gasteiger partial charge on any atom is 0.253 e. The van der Waals surface area contributed by atoms with Crippen LogP contribution in [0, 0.1) is 11.8 Å². The highest BCUT2D eigenvalue weighted by Crippen LogP contribution is 2.35. The Kier molecular flexibility index (Phi) is 6.62. The number of carbonyl (C=O) groups is 1. The van der Waals surface area contributed by atoms with E-state index in [1.807, 2.05) is 36.4 Å². The average molecular weight is 458 g/mol. The standard InChI is InChI=1S/C26H24ClN5O/c1-16-9-12-19(27)13-20(16)24-21(25(33)28-2)14-22(31-24)23-18(15-30-26(29-3)32-23)11-10-17-7-5-4-6-8-17/h4-8,13-15,31H,9,12H2,1-3H3,(H,28,33)(H,29,30,32). The van der Waals surface area contributed by atoms with E-state index in [4.69, 9.17) is 11.6 Å². The Hall–Kier alpha value is -3.82. The van der Waals surface area contributed by atoms with E-state index < -0.39 is 0 Å². The third kappa shape index (κ3) is 4.84. The van der Waals surface area contributed by atoms with Gasteiger partial charge < -0.3 is 15.6 Å². The number of allylic oxidation sites excluding steroid dienone is 4. The van der Waals surface area contributed by atoms with E-state index in [2.05, 4.69) is 44.4 Å². The second-order valence-electron chi connectivity index (χ2n) is 7.66. The average Bonchev–Trinajstić information content (AvgIpc) is 3.29. The summed E-state index contributed by atoms with van der Waals surface area (Å²) < 4.78 is 0. The molecule has 3 N–H and O–H groups in total. The van der Waals surface area contributed by atoms with Gasteiger partial charge in [-0.05, 0) is 49.6 Å². The number of nitrogens with zero attached hydrogens (tertiary/aromatic N) is 2. The molecule has 0 atom stereocenters. The van der Waals surface area contributed by atoms with Crippen molar-refractivity contribution in [3.05, 3.63) is 81.7 Å². The van der Waals surface area contributed by atoms with Crippen LogP contribution in [0.2, 0.25) is 0 Å². The number of amides is 1. The summed E-state index contributed by atoms with van der Waals surface area (Å²) in [4.78, 5) is 25.1. The molecule has 1 aliphatic carbocycles. The van der Waals surface area contributed by atoms with Crippen molar-refractivity contribution in [2.75, 3.05) is 19.4 Å². The Morgan fingerprint density at radius 3 is 2.67 bits per heavy atom. The lowest BCUT2D eigenvalue weighted by Gasteiger charge is -2.15.